The Hall–Kier alpha value is -3.40. The van der Waals surface area contributed by atoms with E-state index in [0.29, 0.717) is 0 Å². The Morgan fingerprint density at radius 1 is 0.741 bits per heavy atom. The zero-order chi connectivity index (χ0) is 19.3. The number of hydrogen-bond donors (Lipinski definition) is 2. The highest BCUT2D eigenvalue weighted by molar-refractivity contribution is 5.97. The van der Waals surface area contributed by atoms with Gasteiger partial charge in [0, 0.05) is 0 Å². The quantitative estimate of drug-likeness (QED) is 0.519. The Kier molecular flexibility index (Phi) is 5.36. The van der Waals surface area contributed by atoms with Gasteiger partial charge in [0.1, 0.15) is 11.5 Å². The van der Waals surface area contributed by atoms with Crippen molar-refractivity contribution in [2.24, 2.45) is 5.92 Å². The molecule has 2 N–H and O–H groups in total. The van der Waals surface area contributed by atoms with Crippen molar-refractivity contribution in [3.63, 3.8) is 0 Å². The standard InChI is InChI=1S/C23H21NO3/c1-17(22(26)27)21(25)24-23(18-11-5-2-6-12-18,19-13-7-3-8-14-19)20-15-9-4-10-16-20/h2-17H,1H3,(H,24,25)(H,26,27). The summed E-state index contributed by atoms with van der Waals surface area (Å²) < 4.78 is 0. The van der Waals surface area contributed by atoms with Crippen LogP contribution < -0.4 is 5.32 Å². The molecule has 0 aliphatic heterocycles. The second kappa shape index (κ2) is 7.87. The average molecular weight is 359 g/mol. The Morgan fingerprint density at radius 2 is 1.07 bits per heavy atom. The lowest BCUT2D eigenvalue weighted by Gasteiger charge is -2.37. The second-order valence-electron chi connectivity index (χ2n) is 6.40. The number of aliphatic carboxylic acids is 1. The summed E-state index contributed by atoms with van der Waals surface area (Å²) in [6, 6.07) is 28.8. The van der Waals surface area contributed by atoms with Crippen LogP contribution in [-0.2, 0) is 15.1 Å². The molecule has 0 aliphatic rings. The predicted octanol–water partition coefficient (Wildman–Crippen LogP) is 3.82. The van der Waals surface area contributed by atoms with Crippen LogP contribution in [0.4, 0.5) is 0 Å². The molecule has 0 saturated carbocycles. The summed E-state index contributed by atoms with van der Waals surface area (Å²) in [5.74, 6) is -2.87. The van der Waals surface area contributed by atoms with E-state index in [1.807, 2.05) is 91.0 Å². The minimum Gasteiger partial charge on any atom is -0.481 e. The first-order chi connectivity index (χ1) is 13.1. The van der Waals surface area contributed by atoms with Crippen molar-refractivity contribution in [1.29, 1.82) is 0 Å². The molecule has 0 fully saturated rings. The van der Waals surface area contributed by atoms with Crippen LogP contribution in [0, 0.1) is 5.92 Å². The van der Waals surface area contributed by atoms with E-state index < -0.39 is 23.3 Å². The number of carbonyl (C=O) groups is 2. The van der Waals surface area contributed by atoms with Gasteiger partial charge in [-0.2, -0.15) is 0 Å². The lowest BCUT2D eigenvalue weighted by atomic mass is 9.76. The van der Waals surface area contributed by atoms with Gasteiger partial charge in [-0.05, 0) is 23.6 Å². The van der Waals surface area contributed by atoms with Crippen molar-refractivity contribution in [3.05, 3.63) is 108 Å². The van der Waals surface area contributed by atoms with Crippen molar-refractivity contribution in [2.45, 2.75) is 12.5 Å². The van der Waals surface area contributed by atoms with Gasteiger partial charge < -0.3 is 10.4 Å². The molecule has 3 rings (SSSR count). The van der Waals surface area contributed by atoms with Gasteiger partial charge >= 0.3 is 5.97 Å². The highest BCUT2D eigenvalue weighted by atomic mass is 16.4. The molecular formula is C23H21NO3. The monoisotopic (exact) mass is 359 g/mol. The van der Waals surface area contributed by atoms with Crippen LogP contribution in [0.15, 0.2) is 91.0 Å². The fourth-order valence-corrected chi connectivity index (χ4v) is 3.19. The fourth-order valence-electron chi connectivity index (χ4n) is 3.19. The third kappa shape index (κ3) is 3.60. The molecule has 0 radical (unpaired) electrons. The molecule has 1 atom stereocenters. The highest BCUT2D eigenvalue weighted by Crippen LogP contribution is 2.37. The van der Waals surface area contributed by atoms with Gasteiger partial charge in [0.25, 0.3) is 0 Å². The number of carboxylic acids is 1. The molecule has 0 heterocycles. The van der Waals surface area contributed by atoms with Gasteiger partial charge in [-0.3, -0.25) is 9.59 Å². The van der Waals surface area contributed by atoms with E-state index in [1.165, 1.54) is 6.92 Å². The highest BCUT2D eigenvalue weighted by Gasteiger charge is 2.39. The number of hydrogen-bond acceptors (Lipinski definition) is 2. The summed E-state index contributed by atoms with van der Waals surface area (Å²) in [4.78, 5) is 24.2. The average Bonchev–Trinajstić information content (AvgIpc) is 2.73. The minimum absolute atomic E-state index is 0.543. The van der Waals surface area contributed by atoms with Gasteiger partial charge in [0.05, 0.1) is 0 Å². The summed E-state index contributed by atoms with van der Waals surface area (Å²) in [5.41, 5.74) is 1.57. The number of amides is 1. The summed E-state index contributed by atoms with van der Waals surface area (Å²) in [5, 5.41) is 12.3. The predicted molar refractivity (Wildman–Crippen MR) is 104 cm³/mol. The Morgan fingerprint density at radius 3 is 1.37 bits per heavy atom. The molecule has 136 valence electrons. The molecule has 0 spiro atoms. The van der Waals surface area contributed by atoms with E-state index in [-0.39, 0.29) is 0 Å². The number of rotatable bonds is 6. The first-order valence-electron chi connectivity index (χ1n) is 8.77. The van der Waals surface area contributed by atoms with E-state index in [0.717, 1.165) is 16.7 Å². The normalized spacial score (nSPS) is 12.2. The van der Waals surface area contributed by atoms with Gasteiger partial charge in [0.15, 0.2) is 0 Å². The molecule has 4 heteroatoms. The molecule has 1 unspecified atom stereocenters. The lowest BCUT2D eigenvalue weighted by molar-refractivity contribution is -0.146. The smallest absolute Gasteiger partial charge is 0.315 e. The molecular weight excluding hydrogens is 338 g/mol. The van der Waals surface area contributed by atoms with Crippen molar-refractivity contribution in [2.75, 3.05) is 0 Å². The molecule has 4 nitrogen and oxygen atoms in total. The zero-order valence-corrected chi connectivity index (χ0v) is 15.0. The molecule has 27 heavy (non-hydrogen) atoms. The lowest BCUT2D eigenvalue weighted by Crippen LogP contribution is -2.50. The molecule has 3 aromatic rings. The first kappa shape index (κ1) is 18.4. The largest absolute Gasteiger partial charge is 0.481 e. The summed E-state index contributed by atoms with van der Waals surface area (Å²) in [6.45, 7) is 1.39. The van der Waals surface area contributed by atoms with Gasteiger partial charge in [-0.1, -0.05) is 91.0 Å². The number of benzene rings is 3. The van der Waals surface area contributed by atoms with E-state index in [1.54, 1.807) is 0 Å². The van der Waals surface area contributed by atoms with Crippen molar-refractivity contribution in [3.8, 4) is 0 Å². The van der Waals surface area contributed by atoms with E-state index in [4.69, 9.17) is 0 Å². The number of carbonyl (C=O) groups excluding carboxylic acids is 1. The van der Waals surface area contributed by atoms with E-state index >= 15 is 0 Å². The van der Waals surface area contributed by atoms with Crippen molar-refractivity contribution in [1.82, 2.24) is 5.32 Å². The number of carboxylic acid groups (broad SMARTS) is 1. The minimum atomic E-state index is -1.17. The Labute approximate surface area is 158 Å². The van der Waals surface area contributed by atoms with Crippen LogP contribution >= 0.6 is 0 Å². The van der Waals surface area contributed by atoms with Crippen LogP contribution in [0.2, 0.25) is 0 Å². The van der Waals surface area contributed by atoms with Gasteiger partial charge in [-0.25, -0.2) is 0 Å². The summed E-state index contributed by atoms with van der Waals surface area (Å²) in [7, 11) is 0. The van der Waals surface area contributed by atoms with Gasteiger partial charge in [0.2, 0.25) is 5.91 Å². The number of nitrogens with one attached hydrogen (secondary N) is 1. The molecule has 1 amide bonds. The third-order valence-corrected chi connectivity index (χ3v) is 4.69. The maximum Gasteiger partial charge on any atom is 0.315 e. The third-order valence-electron chi connectivity index (χ3n) is 4.69. The maximum atomic E-state index is 12.8. The second-order valence-corrected chi connectivity index (χ2v) is 6.40. The molecule has 0 bridgehead atoms. The van der Waals surface area contributed by atoms with E-state index in [2.05, 4.69) is 5.32 Å². The van der Waals surface area contributed by atoms with Crippen LogP contribution in [-0.4, -0.2) is 17.0 Å². The molecule has 3 aromatic carbocycles. The Bertz CT molecular complexity index is 811. The SMILES string of the molecule is CC(C(=O)O)C(=O)NC(c1ccccc1)(c1ccccc1)c1ccccc1. The molecule has 0 saturated heterocycles. The van der Waals surface area contributed by atoms with Crippen LogP contribution in [0.3, 0.4) is 0 Å². The van der Waals surface area contributed by atoms with E-state index in [9.17, 15) is 14.7 Å². The topological polar surface area (TPSA) is 66.4 Å². The summed E-state index contributed by atoms with van der Waals surface area (Å²) >= 11 is 0. The maximum absolute atomic E-state index is 12.8. The Balaban J connectivity index is 2.26. The van der Waals surface area contributed by atoms with Crippen LogP contribution in [0.25, 0.3) is 0 Å². The van der Waals surface area contributed by atoms with Gasteiger partial charge in [-0.15, -0.1) is 0 Å². The fraction of sp³-hybridized carbons (Fsp3) is 0.130. The first-order valence-corrected chi connectivity index (χ1v) is 8.77. The van der Waals surface area contributed by atoms with Crippen molar-refractivity contribution < 1.29 is 14.7 Å². The van der Waals surface area contributed by atoms with Crippen LogP contribution in [0.5, 0.6) is 0 Å². The molecule has 0 aromatic heterocycles. The molecule has 0 aliphatic carbocycles. The summed E-state index contributed by atoms with van der Waals surface area (Å²) in [6.07, 6.45) is 0. The van der Waals surface area contributed by atoms with Crippen molar-refractivity contribution >= 4 is 11.9 Å². The van der Waals surface area contributed by atoms with Crippen LogP contribution in [0.1, 0.15) is 23.6 Å². The zero-order valence-electron chi connectivity index (χ0n) is 15.0.